The van der Waals surface area contributed by atoms with Crippen molar-refractivity contribution in [3.63, 3.8) is 0 Å². The molecule has 0 spiro atoms. The molecule has 1 unspecified atom stereocenters. The van der Waals surface area contributed by atoms with E-state index in [2.05, 4.69) is 5.32 Å². The van der Waals surface area contributed by atoms with E-state index in [1.54, 1.807) is 29.7 Å². The second kappa shape index (κ2) is 9.37. The maximum Gasteiger partial charge on any atom is 0.273 e. The largest absolute Gasteiger partial charge is 0.497 e. The molecule has 1 atom stereocenters. The van der Waals surface area contributed by atoms with E-state index in [0.29, 0.717) is 23.7 Å². The molecule has 2 aromatic heterocycles. The average Bonchev–Trinajstić information content (AvgIpc) is 3.51. The van der Waals surface area contributed by atoms with Crippen LogP contribution in [0.4, 0.5) is 0 Å². The summed E-state index contributed by atoms with van der Waals surface area (Å²) in [6.45, 7) is 4.37. The van der Waals surface area contributed by atoms with Crippen LogP contribution in [-0.2, 0) is 24.4 Å². The third-order valence-corrected chi connectivity index (χ3v) is 6.58. The third-order valence-electron chi connectivity index (χ3n) is 6.58. The number of aryl methyl sites for hydroxylation is 1. The van der Waals surface area contributed by atoms with Crippen LogP contribution in [0, 0.1) is 6.92 Å². The van der Waals surface area contributed by atoms with Gasteiger partial charge in [-0.3, -0.25) is 14.3 Å². The van der Waals surface area contributed by atoms with E-state index in [0.717, 1.165) is 22.6 Å². The Hall–Kier alpha value is -4.33. The second-order valence-electron chi connectivity index (χ2n) is 9.15. The SMILES string of the molecule is COc1ccc(-c2cc3n(n2)CC(C)(C(=O)NCc2ccccc2)N(Cc2ccc(C)o2)C3=O)cc1. The van der Waals surface area contributed by atoms with E-state index in [9.17, 15) is 9.59 Å². The first kappa shape index (κ1) is 23.4. The van der Waals surface area contributed by atoms with E-state index in [1.165, 1.54) is 0 Å². The van der Waals surface area contributed by atoms with Crippen LogP contribution in [0.15, 0.2) is 77.2 Å². The first-order valence-corrected chi connectivity index (χ1v) is 11.8. The lowest BCUT2D eigenvalue weighted by Crippen LogP contribution is -2.63. The number of hydrogen-bond acceptors (Lipinski definition) is 5. The lowest BCUT2D eigenvalue weighted by Gasteiger charge is -2.42. The summed E-state index contributed by atoms with van der Waals surface area (Å²) in [5.41, 5.74) is 1.74. The summed E-state index contributed by atoms with van der Waals surface area (Å²) < 4.78 is 12.6. The first-order chi connectivity index (χ1) is 17.4. The number of amides is 2. The molecule has 2 amide bonds. The van der Waals surface area contributed by atoms with Crippen LogP contribution >= 0.6 is 0 Å². The quantitative estimate of drug-likeness (QED) is 0.425. The van der Waals surface area contributed by atoms with Crippen molar-refractivity contribution in [3.8, 4) is 17.0 Å². The molecular formula is C28H28N4O4. The van der Waals surface area contributed by atoms with Gasteiger partial charge in [0.15, 0.2) is 0 Å². The number of nitrogens with zero attached hydrogens (tertiary/aromatic N) is 3. The summed E-state index contributed by atoms with van der Waals surface area (Å²) in [6.07, 6.45) is 0. The molecule has 8 nitrogen and oxygen atoms in total. The number of rotatable bonds is 7. The van der Waals surface area contributed by atoms with Gasteiger partial charge in [-0.25, -0.2) is 0 Å². The third kappa shape index (κ3) is 4.37. The number of carbonyl (C=O) groups is 2. The minimum atomic E-state index is -1.18. The predicted molar refractivity (Wildman–Crippen MR) is 134 cm³/mol. The summed E-state index contributed by atoms with van der Waals surface area (Å²) in [5, 5.41) is 7.71. The fourth-order valence-electron chi connectivity index (χ4n) is 4.49. The lowest BCUT2D eigenvalue weighted by molar-refractivity contribution is -0.133. The Kier molecular flexibility index (Phi) is 6.10. The van der Waals surface area contributed by atoms with Gasteiger partial charge in [-0.2, -0.15) is 5.10 Å². The average molecular weight is 485 g/mol. The predicted octanol–water partition coefficient (Wildman–Crippen LogP) is 4.19. The topological polar surface area (TPSA) is 89.6 Å². The highest BCUT2D eigenvalue weighted by atomic mass is 16.5. The summed E-state index contributed by atoms with van der Waals surface area (Å²) in [7, 11) is 1.61. The van der Waals surface area contributed by atoms with Crippen LogP contribution in [-0.4, -0.2) is 39.1 Å². The summed E-state index contributed by atoms with van der Waals surface area (Å²) >= 11 is 0. The first-order valence-electron chi connectivity index (χ1n) is 11.8. The van der Waals surface area contributed by atoms with Gasteiger partial charge in [0.2, 0.25) is 5.91 Å². The molecule has 184 valence electrons. The number of aromatic nitrogens is 2. The van der Waals surface area contributed by atoms with Gasteiger partial charge in [-0.1, -0.05) is 30.3 Å². The minimum absolute atomic E-state index is 0.172. The van der Waals surface area contributed by atoms with Gasteiger partial charge in [0, 0.05) is 12.1 Å². The van der Waals surface area contributed by atoms with E-state index in [-0.39, 0.29) is 24.9 Å². The van der Waals surface area contributed by atoms with E-state index in [4.69, 9.17) is 14.3 Å². The molecule has 0 saturated heterocycles. The summed E-state index contributed by atoms with van der Waals surface area (Å²) in [5.74, 6) is 1.57. The molecule has 0 radical (unpaired) electrons. The molecule has 0 saturated carbocycles. The van der Waals surface area contributed by atoms with Crippen LogP contribution in [0.2, 0.25) is 0 Å². The monoisotopic (exact) mass is 484 g/mol. The standard InChI is InChI=1S/C28H28N4O4/c1-19-9-12-23(36-19)17-31-26(33)25-15-24(21-10-13-22(35-3)14-11-21)30-32(25)18-28(31,2)27(34)29-16-20-7-5-4-6-8-20/h4-15H,16-18H2,1-3H3,(H,29,34). The van der Waals surface area contributed by atoms with Crippen molar-refractivity contribution in [2.45, 2.75) is 39.0 Å². The molecule has 8 heteroatoms. The molecule has 0 bridgehead atoms. The van der Waals surface area contributed by atoms with Crippen molar-refractivity contribution < 1.29 is 18.7 Å². The zero-order valence-electron chi connectivity index (χ0n) is 20.5. The number of ether oxygens (including phenoxy) is 1. The molecule has 0 fully saturated rings. The molecule has 1 aliphatic heterocycles. The van der Waals surface area contributed by atoms with Crippen molar-refractivity contribution in [3.05, 3.63) is 95.6 Å². The Labute approximate surface area is 209 Å². The molecule has 5 rings (SSSR count). The molecule has 4 aromatic rings. The van der Waals surface area contributed by atoms with Crippen molar-refractivity contribution in [1.82, 2.24) is 20.0 Å². The molecule has 1 N–H and O–H groups in total. The van der Waals surface area contributed by atoms with Crippen molar-refractivity contribution in [2.24, 2.45) is 0 Å². The smallest absolute Gasteiger partial charge is 0.273 e. The van der Waals surface area contributed by atoms with Gasteiger partial charge < -0.3 is 19.4 Å². The fourth-order valence-corrected chi connectivity index (χ4v) is 4.49. The molecule has 2 aromatic carbocycles. The van der Waals surface area contributed by atoms with E-state index >= 15 is 0 Å². The number of hydrogen-bond donors (Lipinski definition) is 1. The second-order valence-corrected chi connectivity index (χ2v) is 9.15. The van der Waals surface area contributed by atoms with Crippen LogP contribution in [0.5, 0.6) is 5.75 Å². The van der Waals surface area contributed by atoms with Crippen LogP contribution in [0.25, 0.3) is 11.3 Å². The zero-order chi connectivity index (χ0) is 25.3. The maximum absolute atomic E-state index is 13.8. The number of carbonyl (C=O) groups excluding carboxylic acids is 2. The maximum atomic E-state index is 13.8. The number of benzene rings is 2. The number of furan rings is 1. The highest BCUT2D eigenvalue weighted by Gasteiger charge is 2.48. The van der Waals surface area contributed by atoms with Gasteiger partial charge >= 0.3 is 0 Å². The Balaban J connectivity index is 1.48. The van der Waals surface area contributed by atoms with E-state index < -0.39 is 5.54 Å². The molecule has 36 heavy (non-hydrogen) atoms. The van der Waals surface area contributed by atoms with Gasteiger partial charge in [0.1, 0.15) is 28.5 Å². The van der Waals surface area contributed by atoms with Gasteiger partial charge in [0.25, 0.3) is 5.91 Å². The summed E-state index contributed by atoms with van der Waals surface area (Å²) in [6, 6.07) is 22.6. The fraction of sp³-hybridized carbons (Fsp3) is 0.250. The summed E-state index contributed by atoms with van der Waals surface area (Å²) in [4.78, 5) is 29.0. The van der Waals surface area contributed by atoms with Crippen LogP contribution in [0.3, 0.4) is 0 Å². The van der Waals surface area contributed by atoms with Crippen LogP contribution < -0.4 is 10.1 Å². The van der Waals surface area contributed by atoms with Gasteiger partial charge in [-0.15, -0.1) is 0 Å². The van der Waals surface area contributed by atoms with E-state index in [1.807, 2.05) is 73.7 Å². The number of fused-ring (bicyclic) bond motifs is 1. The Morgan fingerprint density at radius 2 is 1.86 bits per heavy atom. The Morgan fingerprint density at radius 1 is 1.11 bits per heavy atom. The normalized spacial score (nSPS) is 17.1. The zero-order valence-corrected chi connectivity index (χ0v) is 20.5. The van der Waals surface area contributed by atoms with Crippen molar-refractivity contribution >= 4 is 11.8 Å². The minimum Gasteiger partial charge on any atom is -0.497 e. The number of nitrogens with one attached hydrogen (secondary N) is 1. The van der Waals surface area contributed by atoms with Gasteiger partial charge in [0.05, 0.1) is 25.9 Å². The lowest BCUT2D eigenvalue weighted by atomic mass is 9.94. The van der Waals surface area contributed by atoms with Crippen LogP contribution in [0.1, 0.15) is 34.5 Å². The molecule has 3 heterocycles. The molecular weight excluding hydrogens is 456 g/mol. The van der Waals surface area contributed by atoms with Crippen molar-refractivity contribution in [2.75, 3.05) is 7.11 Å². The molecule has 0 aliphatic carbocycles. The Bertz CT molecular complexity index is 1390. The highest BCUT2D eigenvalue weighted by Crippen LogP contribution is 2.32. The molecule has 1 aliphatic rings. The Morgan fingerprint density at radius 3 is 2.53 bits per heavy atom. The highest BCUT2D eigenvalue weighted by molar-refractivity contribution is 6.00. The van der Waals surface area contributed by atoms with Crippen molar-refractivity contribution in [1.29, 1.82) is 0 Å². The number of methoxy groups -OCH3 is 1. The van der Waals surface area contributed by atoms with Gasteiger partial charge in [-0.05, 0) is 61.9 Å².